The largest absolute Gasteiger partial charge is 0.507 e. The fourth-order valence-electron chi connectivity index (χ4n) is 9.40. The second-order valence-corrected chi connectivity index (χ2v) is 16.7. The molecule has 2 unspecified atom stereocenters. The van der Waals surface area contributed by atoms with E-state index in [9.17, 15) is 9.90 Å². The van der Waals surface area contributed by atoms with Gasteiger partial charge in [0.05, 0.1) is 25.3 Å². The van der Waals surface area contributed by atoms with Crippen LogP contribution in [0.15, 0.2) is 91.3 Å². The molecule has 4 aliphatic rings. The zero-order chi connectivity index (χ0) is 43.3. The van der Waals surface area contributed by atoms with Gasteiger partial charge in [0.2, 0.25) is 0 Å². The smallest absolute Gasteiger partial charge is 0.258 e. The summed E-state index contributed by atoms with van der Waals surface area (Å²) in [6, 6.07) is 21.4. The van der Waals surface area contributed by atoms with Crippen LogP contribution in [0.25, 0.3) is 22.2 Å². The molecule has 3 fully saturated rings. The number of carbonyl (C=O) groups excluding carboxylic acids is 1. The number of anilines is 3. The summed E-state index contributed by atoms with van der Waals surface area (Å²) in [7, 11) is 0. The van der Waals surface area contributed by atoms with E-state index < -0.39 is 37.1 Å². The molecule has 4 aliphatic heterocycles. The number of alkyl halides is 3. The highest BCUT2D eigenvalue weighted by atomic mass is 19.3. The quantitative estimate of drug-likeness (QED) is 0.146. The lowest BCUT2D eigenvalue weighted by Crippen LogP contribution is -2.51. The Labute approximate surface area is 351 Å². The van der Waals surface area contributed by atoms with Crippen LogP contribution in [-0.2, 0) is 0 Å². The Hall–Kier alpha value is -5.60. The van der Waals surface area contributed by atoms with Crippen molar-refractivity contribution in [2.45, 2.75) is 62.6 Å². The van der Waals surface area contributed by atoms with Gasteiger partial charge >= 0.3 is 0 Å². The fourth-order valence-corrected chi connectivity index (χ4v) is 9.40. The minimum atomic E-state index is -3.00. The van der Waals surface area contributed by atoms with Crippen LogP contribution in [0.3, 0.4) is 0 Å². The van der Waals surface area contributed by atoms with Gasteiger partial charge in [0.1, 0.15) is 11.4 Å². The Morgan fingerprint density at radius 3 is 2.47 bits per heavy atom. The van der Waals surface area contributed by atoms with E-state index in [0.717, 1.165) is 48.1 Å². The lowest BCUT2D eigenvalue weighted by Gasteiger charge is -2.41. The number of halogens is 3. The number of phenolic OH excluding ortho intramolecular Hbond substituents is 1. The van der Waals surface area contributed by atoms with Crippen molar-refractivity contribution in [1.82, 2.24) is 29.9 Å². The summed E-state index contributed by atoms with van der Waals surface area (Å²) in [4.78, 5) is 21.1. The number of aromatic hydroxyl groups is 1. The first-order valence-corrected chi connectivity index (χ1v) is 20.8. The van der Waals surface area contributed by atoms with Crippen molar-refractivity contribution in [2.75, 3.05) is 74.5 Å². The molecule has 3 saturated heterocycles. The SMILES string of the molecule is [2H]C1C=CN(c2cc3ccn(C4CCN(CC5(F)CCN(C(=O)c6ccc(C7CN(c8cc(-c9ccccc9O)nnc8N)CCC7(F)F)cc6)CC5)CC4)c3cc2C)[C@H]([2H])N1. The number of likely N-dealkylation sites (tertiary alicyclic amines) is 2. The van der Waals surface area contributed by atoms with Crippen LogP contribution in [-0.4, -0.2) is 106 Å². The molecule has 0 aliphatic carbocycles. The molecule has 5 aromatic rings. The number of piperidine rings is 3. The molecule has 0 spiro atoms. The van der Waals surface area contributed by atoms with Crippen LogP contribution in [0.4, 0.5) is 30.4 Å². The third-order valence-electron chi connectivity index (χ3n) is 12.9. The van der Waals surface area contributed by atoms with E-state index in [1.54, 1.807) is 70.6 Å². The van der Waals surface area contributed by atoms with Gasteiger partial charge in [-0.15, -0.1) is 10.2 Å². The summed E-state index contributed by atoms with van der Waals surface area (Å²) < 4.78 is 66.0. The van der Waals surface area contributed by atoms with E-state index in [0.29, 0.717) is 34.6 Å². The molecule has 0 radical (unpaired) electrons. The summed E-state index contributed by atoms with van der Waals surface area (Å²) in [5.41, 5.74) is 9.96. The molecule has 11 nitrogen and oxygen atoms in total. The number of hydrogen-bond donors (Lipinski definition) is 3. The first-order chi connectivity index (χ1) is 29.7. The number of nitrogen functional groups attached to an aromatic ring is 1. The molecular formula is C46H52F3N9O2. The second kappa shape index (κ2) is 16.1. The number of aryl methyl sites for hydroxylation is 1. The topological polar surface area (TPSA) is 119 Å². The zero-order valence-corrected chi connectivity index (χ0v) is 33.7. The van der Waals surface area contributed by atoms with Gasteiger partial charge in [-0.3, -0.25) is 10.1 Å². The number of fused-ring (bicyclic) bond motifs is 1. The van der Waals surface area contributed by atoms with Crippen LogP contribution in [0.2, 0.25) is 0 Å². The van der Waals surface area contributed by atoms with Gasteiger partial charge in [-0.05, 0) is 79.4 Å². The first-order valence-electron chi connectivity index (χ1n) is 21.9. The monoisotopic (exact) mass is 821 g/mol. The number of phenols is 1. The highest BCUT2D eigenvalue weighted by molar-refractivity contribution is 5.94. The minimum absolute atomic E-state index is 0.0177. The Bertz CT molecular complexity index is 2470. The average molecular weight is 822 g/mol. The van der Waals surface area contributed by atoms with Crippen molar-refractivity contribution >= 4 is 34.0 Å². The molecule has 9 rings (SSSR count). The Morgan fingerprint density at radius 2 is 1.72 bits per heavy atom. The van der Waals surface area contributed by atoms with Crippen molar-refractivity contribution in [3.05, 3.63) is 108 Å². The molecule has 6 heterocycles. The second-order valence-electron chi connectivity index (χ2n) is 16.7. The van der Waals surface area contributed by atoms with Crippen molar-refractivity contribution in [2.24, 2.45) is 0 Å². The number of nitrogens with one attached hydrogen (secondary N) is 1. The summed E-state index contributed by atoms with van der Waals surface area (Å²) >= 11 is 0. The van der Waals surface area contributed by atoms with Crippen molar-refractivity contribution in [1.29, 1.82) is 0 Å². The molecule has 4 N–H and O–H groups in total. The summed E-state index contributed by atoms with van der Waals surface area (Å²) in [6.45, 7) is 3.13. The third-order valence-corrected chi connectivity index (χ3v) is 12.9. The molecule has 3 aromatic carbocycles. The lowest BCUT2D eigenvalue weighted by molar-refractivity contribution is -0.0423. The fraction of sp³-hybridized carbons (Fsp3) is 0.413. The molecule has 14 heteroatoms. The van der Waals surface area contributed by atoms with Gasteiger partial charge in [0.15, 0.2) is 5.82 Å². The minimum Gasteiger partial charge on any atom is -0.507 e. The molecule has 1 amide bonds. The van der Waals surface area contributed by atoms with Crippen molar-refractivity contribution in [3.8, 4) is 17.0 Å². The Kier molecular flexibility index (Phi) is 10.0. The van der Waals surface area contributed by atoms with E-state index in [1.807, 2.05) is 11.8 Å². The van der Waals surface area contributed by atoms with Gasteiger partial charge < -0.3 is 35.0 Å². The van der Waals surface area contributed by atoms with Crippen LogP contribution in [0.5, 0.6) is 5.75 Å². The maximum atomic E-state index is 16.4. The standard InChI is InChI=1S/C46H52F3N9O2/c1-31-25-40-34(26-39(31)57-18-4-17-51-30-57)11-21-58(40)35-12-19-54(20-13-35)29-45(47)14-22-55(23-15-45)44(60)33-9-7-32(8-10-33)37-28-56(24-16-46(37,48)49)41-27-38(52-53-43(41)50)36-5-2-3-6-42(36)59/h2-11,18,21,25-27,35,37,51,59H,12-17,19-20,22-24,28-30H2,1H3,(H2,50,53)/i17D,30D/t17?,30-,37?/m1/s1. The highest BCUT2D eigenvalue weighted by Gasteiger charge is 2.45. The van der Waals surface area contributed by atoms with Gasteiger partial charge in [-0.25, -0.2) is 13.2 Å². The number of amides is 1. The average Bonchev–Trinajstić information content (AvgIpc) is 3.67. The number of carbonyl (C=O) groups is 1. The number of nitrogens with two attached hydrogens (primary N) is 1. The Balaban J connectivity index is 0.787. The molecular weight excluding hydrogens is 768 g/mol. The number of benzene rings is 3. The maximum absolute atomic E-state index is 16.4. The Morgan fingerprint density at radius 1 is 0.950 bits per heavy atom. The highest BCUT2D eigenvalue weighted by Crippen LogP contribution is 2.43. The van der Waals surface area contributed by atoms with E-state index in [-0.39, 0.29) is 62.5 Å². The van der Waals surface area contributed by atoms with Gasteiger partial charge in [-0.2, -0.15) is 0 Å². The van der Waals surface area contributed by atoms with Gasteiger partial charge in [0, 0.05) is 119 Å². The van der Waals surface area contributed by atoms with Crippen LogP contribution in [0, 0.1) is 6.92 Å². The molecule has 3 atom stereocenters. The normalized spacial score (nSPS) is 24.1. The van der Waals surface area contributed by atoms with Crippen molar-refractivity contribution < 1.29 is 25.8 Å². The van der Waals surface area contributed by atoms with Crippen molar-refractivity contribution in [3.63, 3.8) is 0 Å². The zero-order valence-electron chi connectivity index (χ0n) is 35.7. The summed E-state index contributed by atoms with van der Waals surface area (Å²) in [6.07, 6.45) is 7.49. The van der Waals surface area contributed by atoms with Crippen LogP contribution in [0.1, 0.15) is 68.3 Å². The number of aromatic nitrogens is 3. The van der Waals surface area contributed by atoms with E-state index >= 15 is 13.2 Å². The molecule has 314 valence electrons. The van der Waals surface area contributed by atoms with Gasteiger partial charge in [-0.1, -0.05) is 30.3 Å². The predicted molar refractivity (Wildman–Crippen MR) is 229 cm³/mol. The number of hydrogen-bond acceptors (Lipinski definition) is 9. The van der Waals surface area contributed by atoms with Crippen LogP contribution >= 0.6 is 0 Å². The summed E-state index contributed by atoms with van der Waals surface area (Å²) in [5.74, 6) is -4.30. The number of nitrogens with zero attached hydrogens (tertiary/aromatic N) is 7. The summed E-state index contributed by atoms with van der Waals surface area (Å²) in [5, 5.41) is 22.6. The van der Waals surface area contributed by atoms with E-state index in [4.69, 9.17) is 8.48 Å². The van der Waals surface area contributed by atoms with Crippen LogP contribution < -0.4 is 20.9 Å². The molecule has 0 saturated carbocycles. The molecule has 0 bridgehead atoms. The van der Waals surface area contributed by atoms with Gasteiger partial charge in [0.25, 0.3) is 11.8 Å². The number of rotatable bonds is 8. The van der Waals surface area contributed by atoms with E-state index in [1.165, 1.54) is 6.07 Å². The number of para-hydroxylation sites is 1. The molecule has 60 heavy (non-hydrogen) atoms. The molecule has 2 aromatic heterocycles. The maximum Gasteiger partial charge on any atom is 0.258 e. The van der Waals surface area contributed by atoms with E-state index in [2.05, 4.69) is 49.4 Å². The first kappa shape index (κ1) is 37.4. The predicted octanol–water partition coefficient (Wildman–Crippen LogP) is 7.49. The lowest BCUT2D eigenvalue weighted by atomic mass is 9.86. The third kappa shape index (κ3) is 7.90.